The van der Waals surface area contributed by atoms with Crippen molar-refractivity contribution in [3.8, 4) is 0 Å². The molecule has 0 heterocycles. The fraction of sp³-hybridized carbons (Fsp3) is 0.500. The molecule has 3 N–H and O–H groups in total. The molecule has 21 heavy (non-hydrogen) atoms. The Hall–Kier alpha value is -0.920. The van der Waals surface area contributed by atoms with E-state index in [1.54, 1.807) is 13.0 Å². The lowest BCUT2D eigenvalue weighted by molar-refractivity contribution is 0.0909. The highest BCUT2D eigenvalue weighted by Gasteiger charge is 2.26. The van der Waals surface area contributed by atoms with Gasteiger partial charge in [0.05, 0.1) is 4.90 Å². The van der Waals surface area contributed by atoms with Gasteiger partial charge in [-0.1, -0.05) is 22.4 Å². The third kappa shape index (κ3) is 3.64. The van der Waals surface area contributed by atoms with E-state index >= 15 is 0 Å². The number of amides is 1. The van der Waals surface area contributed by atoms with Gasteiger partial charge in [0.2, 0.25) is 10.0 Å². The SMILES string of the molecule is Cc1c(Br)cc(C(=O)NC(C)C2CCC2)cc1S(N)(=O)=O. The second-order valence-electron chi connectivity index (χ2n) is 5.58. The molecule has 7 heteroatoms. The van der Waals surface area contributed by atoms with E-state index in [0.717, 1.165) is 12.8 Å². The molecule has 5 nitrogen and oxygen atoms in total. The summed E-state index contributed by atoms with van der Waals surface area (Å²) in [5, 5.41) is 8.12. The van der Waals surface area contributed by atoms with Crippen LogP contribution in [0.1, 0.15) is 42.1 Å². The fourth-order valence-electron chi connectivity index (χ4n) is 2.43. The standard InChI is InChI=1S/C14H19BrN2O3S/c1-8-12(15)6-11(7-13(8)21(16,19)20)14(18)17-9(2)10-4-3-5-10/h6-7,9-10H,3-5H2,1-2H3,(H,17,18)(H2,16,19,20). The molecule has 1 aromatic rings. The van der Waals surface area contributed by atoms with Gasteiger partial charge in [-0.05, 0) is 50.3 Å². The van der Waals surface area contributed by atoms with Gasteiger partial charge >= 0.3 is 0 Å². The number of benzene rings is 1. The molecule has 1 fully saturated rings. The van der Waals surface area contributed by atoms with Crippen molar-refractivity contribution in [1.82, 2.24) is 5.32 Å². The van der Waals surface area contributed by atoms with Gasteiger partial charge in [0, 0.05) is 16.1 Å². The van der Waals surface area contributed by atoms with Crippen molar-refractivity contribution in [3.63, 3.8) is 0 Å². The molecule has 1 amide bonds. The number of primary sulfonamides is 1. The Kier molecular flexibility index (Phi) is 4.75. The summed E-state index contributed by atoms with van der Waals surface area (Å²) in [7, 11) is -3.86. The molecule has 116 valence electrons. The summed E-state index contributed by atoms with van der Waals surface area (Å²) >= 11 is 3.28. The summed E-state index contributed by atoms with van der Waals surface area (Å²) in [4.78, 5) is 12.2. The summed E-state index contributed by atoms with van der Waals surface area (Å²) in [5.41, 5.74) is 0.795. The van der Waals surface area contributed by atoms with Crippen molar-refractivity contribution in [2.24, 2.45) is 11.1 Å². The number of carbonyl (C=O) groups excluding carboxylic acids is 1. The van der Waals surface area contributed by atoms with E-state index in [1.807, 2.05) is 6.92 Å². The normalized spacial score (nSPS) is 17.1. The van der Waals surface area contributed by atoms with Crippen LogP contribution in [-0.2, 0) is 10.0 Å². The average Bonchev–Trinajstić information content (AvgIpc) is 2.28. The number of hydrogen-bond acceptors (Lipinski definition) is 3. The lowest BCUT2D eigenvalue weighted by atomic mass is 9.80. The zero-order valence-electron chi connectivity index (χ0n) is 12.0. The lowest BCUT2D eigenvalue weighted by Gasteiger charge is -2.31. The maximum Gasteiger partial charge on any atom is 0.251 e. The van der Waals surface area contributed by atoms with Crippen LogP contribution in [0.15, 0.2) is 21.5 Å². The molecular formula is C14H19BrN2O3S. The minimum absolute atomic E-state index is 0.0293. The largest absolute Gasteiger partial charge is 0.349 e. The van der Waals surface area contributed by atoms with Crippen molar-refractivity contribution in [2.75, 3.05) is 0 Å². The first-order valence-electron chi connectivity index (χ1n) is 6.84. The summed E-state index contributed by atoms with van der Waals surface area (Å²) in [5.74, 6) is 0.237. The monoisotopic (exact) mass is 374 g/mol. The first-order chi connectivity index (χ1) is 9.70. The van der Waals surface area contributed by atoms with E-state index in [9.17, 15) is 13.2 Å². The van der Waals surface area contributed by atoms with Gasteiger partial charge in [-0.25, -0.2) is 13.6 Å². The van der Waals surface area contributed by atoms with Crippen LogP contribution in [0.5, 0.6) is 0 Å². The summed E-state index contributed by atoms with van der Waals surface area (Å²) < 4.78 is 23.7. The van der Waals surface area contributed by atoms with Gasteiger partial charge < -0.3 is 5.32 Å². The van der Waals surface area contributed by atoms with E-state index in [0.29, 0.717) is 21.5 Å². The highest BCUT2D eigenvalue weighted by atomic mass is 79.9. The smallest absolute Gasteiger partial charge is 0.251 e. The topological polar surface area (TPSA) is 89.3 Å². The second-order valence-corrected chi connectivity index (χ2v) is 7.96. The number of halogens is 1. The van der Waals surface area contributed by atoms with Crippen molar-refractivity contribution in [2.45, 2.75) is 44.0 Å². The van der Waals surface area contributed by atoms with Gasteiger partial charge in [0.15, 0.2) is 0 Å². The van der Waals surface area contributed by atoms with Gasteiger partial charge in [-0.3, -0.25) is 4.79 Å². The quantitative estimate of drug-likeness (QED) is 0.847. The molecule has 1 atom stereocenters. The van der Waals surface area contributed by atoms with E-state index in [1.165, 1.54) is 12.5 Å². The number of nitrogens with two attached hydrogens (primary N) is 1. The van der Waals surface area contributed by atoms with Crippen molar-refractivity contribution in [1.29, 1.82) is 0 Å². The molecule has 0 bridgehead atoms. The Morgan fingerprint density at radius 3 is 2.52 bits per heavy atom. The van der Waals surface area contributed by atoms with E-state index < -0.39 is 10.0 Å². The molecule has 1 saturated carbocycles. The Morgan fingerprint density at radius 2 is 2.05 bits per heavy atom. The fourth-order valence-corrected chi connectivity index (χ4v) is 3.85. The predicted molar refractivity (Wildman–Crippen MR) is 84.5 cm³/mol. The Balaban J connectivity index is 2.27. The zero-order chi connectivity index (χ0) is 15.8. The first-order valence-corrected chi connectivity index (χ1v) is 9.18. The van der Waals surface area contributed by atoms with Crippen LogP contribution in [0.25, 0.3) is 0 Å². The summed E-state index contributed by atoms with van der Waals surface area (Å²) in [6.45, 7) is 3.62. The molecule has 1 aliphatic rings. The van der Waals surface area contributed by atoms with Gasteiger partial charge in [-0.2, -0.15) is 0 Å². The van der Waals surface area contributed by atoms with E-state index in [2.05, 4.69) is 21.2 Å². The van der Waals surface area contributed by atoms with Crippen molar-refractivity contribution < 1.29 is 13.2 Å². The Bertz CT molecular complexity index is 669. The Morgan fingerprint density at radius 1 is 1.43 bits per heavy atom. The van der Waals surface area contributed by atoms with Gasteiger partial charge in [0.25, 0.3) is 5.91 Å². The number of sulfonamides is 1. The molecule has 1 unspecified atom stereocenters. The average molecular weight is 375 g/mol. The molecule has 0 aliphatic heterocycles. The molecule has 2 rings (SSSR count). The number of rotatable bonds is 4. The van der Waals surface area contributed by atoms with Gasteiger partial charge in [-0.15, -0.1) is 0 Å². The first kappa shape index (κ1) is 16.5. The minimum Gasteiger partial charge on any atom is -0.349 e. The van der Waals surface area contributed by atoms with Crippen molar-refractivity contribution >= 4 is 31.9 Å². The van der Waals surface area contributed by atoms with Crippen LogP contribution >= 0.6 is 15.9 Å². The maximum atomic E-state index is 12.3. The van der Waals surface area contributed by atoms with E-state index in [4.69, 9.17) is 5.14 Å². The third-order valence-electron chi connectivity index (χ3n) is 4.08. The van der Waals surface area contributed by atoms with Crippen LogP contribution in [0.4, 0.5) is 0 Å². The predicted octanol–water partition coefficient (Wildman–Crippen LogP) is 2.32. The van der Waals surface area contributed by atoms with Gasteiger partial charge in [0.1, 0.15) is 0 Å². The molecule has 1 aromatic carbocycles. The molecule has 0 spiro atoms. The number of nitrogens with one attached hydrogen (secondary N) is 1. The highest BCUT2D eigenvalue weighted by molar-refractivity contribution is 9.10. The molecule has 1 aliphatic carbocycles. The summed E-state index contributed by atoms with van der Waals surface area (Å²) in [6.07, 6.45) is 3.46. The van der Waals surface area contributed by atoms with Crippen LogP contribution in [-0.4, -0.2) is 20.4 Å². The van der Waals surface area contributed by atoms with Crippen LogP contribution in [0.2, 0.25) is 0 Å². The second kappa shape index (κ2) is 6.06. The van der Waals surface area contributed by atoms with Crippen LogP contribution in [0, 0.1) is 12.8 Å². The molecule has 0 aromatic heterocycles. The van der Waals surface area contributed by atoms with E-state index in [-0.39, 0.29) is 16.8 Å². The highest BCUT2D eigenvalue weighted by Crippen LogP contribution is 2.30. The molecule has 0 saturated heterocycles. The van der Waals surface area contributed by atoms with Crippen LogP contribution < -0.4 is 10.5 Å². The molecular weight excluding hydrogens is 356 g/mol. The minimum atomic E-state index is -3.86. The van der Waals surface area contributed by atoms with Crippen molar-refractivity contribution in [3.05, 3.63) is 27.7 Å². The Labute approximate surface area is 133 Å². The maximum absolute atomic E-state index is 12.3. The number of carbonyl (C=O) groups is 1. The van der Waals surface area contributed by atoms with Crippen LogP contribution in [0.3, 0.4) is 0 Å². The summed E-state index contributed by atoms with van der Waals surface area (Å²) in [6, 6.07) is 3.04. The lowest BCUT2D eigenvalue weighted by Crippen LogP contribution is -2.40. The number of hydrogen-bond donors (Lipinski definition) is 2. The molecule has 0 radical (unpaired) electrons. The third-order valence-corrected chi connectivity index (χ3v) is 5.94. The zero-order valence-corrected chi connectivity index (χ0v) is 14.4.